The average molecular weight is 186 g/mol. The van der Waals surface area contributed by atoms with Crippen LogP contribution in [-0.2, 0) is 4.74 Å². The van der Waals surface area contributed by atoms with E-state index in [1.165, 1.54) is 0 Å². The highest BCUT2D eigenvalue weighted by molar-refractivity contribution is 5.07. The minimum Gasteiger partial charge on any atom is -0.390 e. The summed E-state index contributed by atoms with van der Waals surface area (Å²) in [7, 11) is 0. The zero-order valence-electron chi connectivity index (χ0n) is 8.45. The molecule has 2 heterocycles. The smallest absolute Gasteiger partial charge is 0.109 e. The number of aliphatic hydroxyl groups is 2. The van der Waals surface area contributed by atoms with Gasteiger partial charge in [0.1, 0.15) is 6.10 Å². The molecule has 3 nitrogen and oxygen atoms in total. The van der Waals surface area contributed by atoms with E-state index in [1.54, 1.807) is 0 Å². The molecule has 13 heavy (non-hydrogen) atoms. The molecule has 0 aromatic heterocycles. The molecule has 4 atom stereocenters. The molecule has 0 spiro atoms. The van der Waals surface area contributed by atoms with Gasteiger partial charge in [-0.3, -0.25) is 0 Å². The second-order valence-electron chi connectivity index (χ2n) is 5.10. The van der Waals surface area contributed by atoms with E-state index >= 15 is 0 Å². The number of hydrogen-bond acceptors (Lipinski definition) is 3. The standard InChI is InChI=1S/C10H18O3/c1-9(2)6-4-5-10(3,13-9)8(12)7(6)11/h6-8,11-12H,4-5H2,1-3H3/t6-,7+,8+,10+/m0/s1. The Labute approximate surface area is 78.7 Å². The molecule has 0 radical (unpaired) electrons. The molecule has 3 rings (SSSR count). The number of aliphatic hydroxyl groups excluding tert-OH is 2. The Morgan fingerprint density at radius 3 is 2.31 bits per heavy atom. The Morgan fingerprint density at radius 1 is 1.23 bits per heavy atom. The molecule has 2 N–H and O–H groups in total. The molecule has 1 saturated carbocycles. The van der Waals surface area contributed by atoms with Gasteiger partial charge >= 0.3 is 0 Å². The first-order valence-electron chi connectivity index (χ1n) is 4.93. The Balaban J connectivity index is 2.34. The van der Waals surface area contributed by atoms with Crippen molar-refractivity contribution in [1.82, 2.24) is 0 Å². The molecular formula is C10H18O3. The number of fused-ring (bicyclic) bond motifs is 3. The van der Waals surface area contributed by atoms with Crippen LogP contribution in [0.25, 0.3) is 0 Å². The minimum absolute atomic E-state index is 0.0734. The minimum atomic E-state index is -0.723. The Morgan fingerprint density at radius 2 is 1.85 bits per heavy atom. The molecule has 2 aliphatic heterocycles. The lowest BCUT2D eigenvalue weighted by molar-refractivity contribution is -0.309. The van der Waals surface area contributed by atoms with E-state index in [9.17, 15) is 10.2 Å². The van der Waals surface area contributed by atoms with Crippen LogP contribution in [0.15, 0.2) is 0 Å². The van der Waals surface area contributed by atoms with Crippen LogP contribution in [0.5, 0.6) is 0 Å². The van der Waals surface area contributed by atoms with Gasteiger partial charge in [0.15, 0.2) is 0 Å². The quantitative estimate of drug-likeness (QED) is 0.585. The van der Waals surface area contributed by atoms with Crippen LogP contribution in [0, 0.1) is 5.92 Å². The summed E-state index contributed by atoms with van der Waals surface area (Å²) in [6, 6.07) is 0. The van der Waals surface area contributed by atoms with Crippen molar-refractivity contribution in [2.24, 2.45) is 5.92 Å². The van der Waals surface area contributed by atoms with E-state index in [0.29, 0.717) is 0 Å². The van der Waals surface area contributed by atoms with Gasteiger partial charge in [-0.1, -0.05) is 0 Å². The first kappa shape index (κ1) is 9.44. The van der Waals surface area contributed by atoms with E-state index in [1.807, 2.05) is 20.8 Å². The summed E-state index contributed by atoms with van der Waals surface area (Å²) < 4.78 is 5.83. The van der Waals surface area contributed by atoms with Crippen LogP contribution >= 0.6 is 0 Å². The highest BCUT2D eigenvalue weighted by Crippen LogP contribution is 2.49. The fraction of sp³-hybridized carbons (Fsp3) is 1.00. The fourth-order valence-corrected chi connectivity index (χ4v) is 2.89. The molecule has 3 fully saturated rings. The number of rotatable bonds is 0. The number of ether oxygens (including phenoxy) is 1. The van der Waals surface area contributed by atoms with Crippen molar-refractivity contribution in [1.29, 1.82) is 0 Å². The van der Waals surface area contributed by atoms with Gasteiger partial charge in [-0.05, 0) is 33.6 Å². The maximum Gasteiger partial charge on any atom is 0.109 e. The zero-order chi connectivity index (χ0) is 9.85. The van der Waals surface area contributed by atoms with Gasteiger partial charge in [-0.2, -0.15) is 0 Å². The first-order chi connectivity index (χ1) is 5.87. The Kier molecular flexibility index (Phi) is 1.79. The van der Waals surface area contributed by atoms with Crippen molar-refractivity contribution >= 4 is 0 Å². The summed E-state index contributed by atoms with van der Waals surface area (Å²) in [5.74, 6) is 0.0734. The number of hydrogen-bond donors (Lipinski definition) is 2. The summed E-state index contributed by atoms with van der Waals surface area (Å²) in [4.78, 5) is 0. The van der Waals surface area contributed by atoms with Crippen molar-refractivity contribution < 1.29 is 14.9 Å². The lowest BCUT2D eigenvalue weighted by atomic mass is 9.65. The van der Waals surface area contributed by atoms with Gasteiger partial charge < -0.3 is 14.9 Å². The predicted octanol–water partition coefficient (Wildman–Crippen LogP) is 0.686. The second kappa shape index (κ2) is 2.47. The third-order valence-corrected chi connectivity index (χ3v) is 3.70. The zero-order valence-corrected chi connectivity index (χ0v) is 8.45. The van der Waals surface area contributed by atoms with Crippen molar-refractivity contribution in [3.8, 4) is 0 Å². The van der Waals surface area contributed by atoms with Crippen LogP contribution in [0.1, 0.15) is 33.6 Å². The van der Waals surface area contributed by atoms with Gasteiger partial charge in [0.2, 0.25) is 0 Å². The summed E-state index contributed by atoms with van der Waals surface area (Å²) in [5.41, 5.74) is -0.844. The van der Waals surface area contributed by atoms with Crippen molar-refractivity contribution in [2.45, 2.75) is 57.0 Å². The van der Waals surface area contributed by atoms with E-state index in [-0.39, 0.29) is 11.5 Å². The molecule has 0 aromatic rings. The molecule has 3 heteroatoms. The van der Waals surface area contributed by atoms with Crippen molar-refractivity contribution in [2.75, 3.05) is 0 Å². The third-order valence-electron chi connectivity index (χ3n) is 3.70. The summed E-state index contributed by atoms with van der Waals surface area (Å²) in [6.45, 7) is 5.87. The molecule has 0 aromatic carbocycles. The van der Waals surface area contributed by atoms with Crippen LogP contribution in [0.2, 0.25) is 0 Å². The average Bonchev–Trinajstić information content (AvgIpc) is 1.97. The summed E-state index contributed by atoms with van der Waals surface area (Å²) >= 11 is 0. The van der Waals surface area contributed by atoms with Gasteiger partial charge in [-0.15, -0.1) is 0 Å². The largest absolute Gasteiger partial charge is 0.390 e. The van der Waals surface area contributed by atoms with E-state index in [4.69, 9.17) is 4.74 Å². The van der Waals surface area contributed by atoms with Crippen LogP contribution in [-0.4, -0.2) is 33.6 Å². The van der Waals surface area contributed by atoms with Gasteiger partial charge in [0.25, 0.3) is 0 Å². The SMILES string of the molecule is CC1(C)O[C@]2(C)CC[C@H]1[C@@H](O)[C@H]2O. The van der Waals surface area contributed by atoms with Gasteiger partial charge in [-0.25, -0.2) is 0 Å². The highest BCUT2D eigenvalue weighted by atomic mass is 16.5. The lowest BCUT2D eigenvalue weighted by Gasteiger charge is -2.58. The third kappa shape index (κ3) is 1.14. The molecule has 76 valence electrons. The van der Waals surface area contributed by atoms with E-state index in [2.05, 4.69) is 0 Å². The normalized spacial score (nSPS) is 53.8. The van der Waals surface area contributed by atoms with Crippen LogP contribution in [0.3, 0.4) is 0 Å². The summed E-state index contributed by atoms with van der Waals surface area (Å²) in [6.07, 6.45) is 0.447. The Hall–Kier alpha value is -0.120. The molecule has 0 amide bonds. The van der Waals surface area contributed by atoms with E-state index in [0.717, 1.165) is 12.8 Å². The molecular weight excluding hydrogens is 168 g/mol. The molecule has 2 saturated heterocycles. The second-order valence-corrected chi connectivity index (χ2v) is 5.10. The van der Waals surface area contributed by atoms with Crippen molar-refractivity contribution in [3.63, 3.8) is 0 Å². The molecule has 2 bridgehead atoms. The lowest BCUT2D eigenvalue weighted by Crippen LogP contribution is -2.68. The first-order valence-corrected chi connectivity index (χ1v) is 4.93. The topological polar surface area (TPSA) is 49.7 Å². The van der Waals surface area contributed by atoms with Crippen molar-refractivity contribution in [3.05, 3.63) is 0 Å². The molecule has 0 unspecified atom stereocenters. The highest BCUT2D eigenvalue weighted by Gasteiger charge is 2.58. The Bertz CT molecular complexity index is 226. The van der Waals surface area contributed by atoms with Gasteiger partial charge in [0, 0.05) is 5.92 Å². The summed E-state index contributed by atoms with van der Waals surface area (Å²) in [5, 5.41) is 19.6. The maximum atomic E-state index is 9.84. The maximum absolute atomic E-state index is 9.84. The fourth-order valence-electron chi connectivity index (χ4n) is 2.89. The molecule has 1 aliphatic carbocycles. The van der Waals surface area contributed by atoms with E-state index < -0.39 is 17.8 Å². The molecule has 3 aliphatic rings. The monoisotopic (exact) mass is 186 g/mol. The van der Waals surface area contributed by atoms with Crippen LogP contribution in [0.4, 0.5) is 0 Å². The van der Waals surface area contributed by atoms with Gasteiger partial charge in [0.05, 0.1) is 17.3 Å². The van der Waals surface area contributed by atoms with Crippen LogP contribution < -0.4 is 0 Å². The predicted molar refractivity (Wildman–Crippen MR) is 48.3 cm³/mol.